The summed E-state index contributed by atoms with van der Waals surface area (Å²) in [6.07, 6.45) is 0.920. The van der Waals surface area contributed by atoms with Crippen LogP contribution in [-0.4, -0.2) is 32.3 Å². The summed E-state index contributed by atoms with van der Waals surface area (Å²) in [6, 6.07) is 18.7. The molecule has 33 heavy (non-hydrogen) atoms. The Morgan fingerprint density at radius 2 is 1.67 bits per heavy atom. The van der Waals surface area contributed by atoms with Gasteiger partial charge in [-0.15, -0.1) is 0 Å². The van der Waals surface area contributed by atoms with Gasteiger partial charge in [-0.1, -0.05) is 30.7 Å². The molecule has 6 nitrogen and oxygen atoms in total. The molecule has 0 aliphatic rings. The number of aryl methyl sites for hydroxylation is 1. The van der Waals surface area contributed by atoms with Crippen molar-refractivity contribution in [2.45, 2.75) is 31.7 Å². The number of sulfonamides is 1. The van der Waals surface area contributed by atoms with E-state index in [1.807, 2.05) is 31.2 Å². The topological polar surface area (TPSA) is 75.7 Å². The van der Waals surface area contributed by atoms with E-state index in [2.05, 4.69) is 12.2 Å². The number of nitrogens with zero attached hydrogens (tertiary/aromatic N) is 1. The van der Waals surface area contributed by atoms with Crippen molar-refractivity contribution >= 4 is 33.2 Å². The second-order valence-electron chi connectivity index (χ2n) is 7.48. The molecular formula is C25H27ClN2O4S. The fraction of sp³-hybridized carbons (Fsp3) is 0.240. The monoisotopic (exact) mass is 486 g/mol. The highest BCUT2D eigenvalue weighted by Crippen LogP contribution is 2.26. The summed E-state index contributed by atoms with van der Waals surface area (Å²) >= 11 is 5.88. The molecule has 8 heteroatoms. The minimum atomic E-state index is -3.76. The highest BCUT2D eigenvalue weighted by atomic mass is 35.5. The lowest BCUT2D eigenvalue weighted by Crippen LogP contribution is -2.27. The Kier molecular flexibility index (Phi) is 8.13. The molecule has 0 saturated heterocycles. The van der Waals surface area contributed by atoms with Crippen LogP contribution in [0.5, 0.6) is 5.75 Å². The highest BCUT2D eigenvalue weighted by Gasteiger charge is 2.23. The number of benzene rings is 3. The quantitative estimate of drug-likeness (QED) is 0.441. The van der Waals surface area contributed by atoms with E-state index in [0.717, 1.165) is 6.42 Å². The maximum atomic E-state index is 13.0. The SMILES string of the molecule is CCOc1ccc(C(=O)Nc2ccc(CC)cc2)cc1CN(C)S(=O)(=O)c1ccc(Cl)cc1. The van der Waals surface area contributed by atoms with Crippen LogP contribution in [0, 0.1) is 0 Å². The number of anilines is 1. The van der Waals surface area contributed by atoms with Crippen LogP contribution in [0.4, 0.5) is 5.69 Å². The first-order valence-corrected chi connectivity index (χ1v) is 12.4. The number of carbonyl (C=O) groups is 1. The molecule has 0 spiro atoms. The van der Waals surface area contributed by atoms with E-state index >= 15 is 0 Å². The number of carbonyl (C=O) groups excluding carboxylic acids is 1. The van der Waals surface area contributed by atoms with Gasteiger partial charge < -0.3 is 10.1 Å². The third kappa shape index (κ3) is 6.13. The van der Waals surface area contributed by atoms with E-state index in [4.69, 9.17) is 16.3 Å². The summed E-state index contributed by atoms with van der Waals surface area (Å²) < 4.78 is 32.9. The van der Waals surface area contributed by atoms with Crippen LogP contribution in [0.2, 0.25) is 5.02 Å². The summed E-state index contributed by atoms with van der Waals surface area (Å²) in [7, 11) is -2.27. The van der Waals surface area contributed by atoms with Gasteiger partial charge >= 0.3 is 0 Å². The lowest BCUT2D eigenvalue weighted by molar-refractivity contribution is 0.102. The zero-order valence-corrected chi connectivity index (χ0v) is 20.4. The molecule has 1 amide bonds. The van der Waals surface area contributed by atoms with Gasteiger partial charge in [0.1, 0.15) is 5.75 Å². The van der Waals surface area contributed by atoms with Crippen LogP contribution in [0.1, 0.15) is 35.3 Å². The minimum absolute atomic E-state index is 0.0343. The van der Waals surface area contributed by atoms with Gasteiger partial charge in [0.15, 0.2) is 0 Å². The van der Waals surface area contributed by atoms with Gasteiger partial charge in [0.2, 0.25) is 10.0 Å². The van der Waals surface area contributed by atoms with Crippen LogP contribution >= 0.6 is 11.6 Å². The fourth-order valence-electron chi connectivity index (χ4n) is 3.28. The van der Waals surface area contributed by atoms with Crippen LogP contribution in [0.15, 0.2) is 71.6 Å². The first kappa shape index (κ1) is 24.8. The van der Waals surface area contributed by atoms with E-state index in [0.29, 0.717) is 34.2 Å². The molecule has 0 aromatic heterocycles. The molecule has 0 bridgehead atoms. The Balaban J connectivity index is 1.84. The molecule has 0 fully saturated rings. The summed E-state index contributed by atoms with van der Waals surface area (Å²) in [5.41, 5.74) is 2.87. The van der Waals surface area contributed by atoms with Crippen molar-refractivity contribution in [1.82, 2.24) is 4.31 Å². The van der Waals surface area contributed by atoms with Crippen LogP contribution in [0.3, 0.4) is 0 Å². The van der Waals surface area contributed by atoms with Gasteiger partial charge in [0.25, 0.3) is 5.91 Å². The largest absolute Gasteiger partial charge is 0.494 e. The predicted molar refractivity (Wildman–Crippen MR) is 131 cm³/mol. The minimum Gasteiger partial charge on any atom is -0.494 e. The average molecular weight is 487 g/mol. The number of nitrogens with one attached hydrogen (secondary N) is 1. The predicted octanol–water partition coefficient (Wildman–Crippen LogP) is 5.37. The van der Waals surface area contributed by atoms with E-state index in [9.17, 15) is 13.2 Å². The van der Waals surface area contributed by atoms with Crippen molar-refractivity contribution in [2.75, 3.05) is 19.0 Å². The Bertz CT molecular complexity index is 1210. The molecular weight excluding hydrogens is 460 g/mol. The van der Waals surface area contributed by atoms with Gasteiger partial charge in [-0.25, -0.2) is 8.42 Å². The Morgan fingerprint density at radius 3 is 2.27 bits per heavy atom. The van der Waals surface area contributed by atoms with Gasteiger partial charge in [0, 0.05) is 35.4 Å². The number of rotatable bonds is 9. The normalized spacial score (nSPS) is 11.4. The van der Waals surface area contributed by atoms with Gasteiger partial charge in [-0.05, 0) is 73.5 Å². The fourth-order valence-corrected chi connectivity index (χ4v) is 4.55. The van der Waals surface area contributed by atoms with E-state index in [1.54, 1.807) is 18.2 Å². The van der Waals surface area contributed by atoms with Crippen molar-refractivity contribution in [2.24, 2.45) is 0 Å². The molecule has 0 aliphatic heterocycles. The average Bonchev–Trinajstić information content (AvgIpc) is 2.81. The Labute approximate surface area is 200 Å². The third-order valence-corrected chi connectivity index (χ3v) is 7.23. The highest BCUT2D eigenvalue weighted by molar-refractivity contribution is 7.89. The van der Waals surface area contributed by atoms with Crippen LogP contribution in [-0.2, 0) is 23.0 Å². The van der Waals surface area contributed by atoms with Gasteiger partial charge in [0.05, 0.1) is 11.5 Å². The molecule has 3 rings (SSSR count). The summed E-state index contributed by atoms with van der Waals surface area (Å²) in [5, 5.41) is 3.34. The van der Waals surface area contributed by atoms with Crippen molar-refractivity contribution in [3.05, 3.63) is 88.4 Å². The smallest absolute Gasteiger partial charge is 0.255 e. The maximum Gasteiger partial charge on any atom is 0.255 e. The molecule has 0 atom stereocenters. The zero-order valence-electron chi connectivity index (χ0n) is 18.8. The van der Waals surface area contributed by atoms with Crippen molar-refractivity contribution in [1.29, 1.82) is 0 Å². The van der Waals surface area contributed by atoms with Crippen LogP contribution < -0.4 is 10.1 Å². The number of hydrogen-bond donors (Lipinski definition) is 1. The molecule has 3 aromatic carbocycles. The lowest BCUT2D eigenvalue weighted by atomic mass is 10.1. The standard InChI is InChI=1S/C25H27ClN2O4S/c1-4-18-6-11-22(12-7-18)27-25(29)19-8-15-24(32-5-2)20(16-19)17-28(3)33(30,31)23-13-9-21(26)10-14-23/h6-16H,4-5,17H2,1-3H3,(H,27,29). The number of hydrogen-bond acceptors (Lipinski definition) is 4. The number of ether oxygens (including phenoxy) is 1. The van der Waals surface area contributed by atoms with E-state index in [-0.39, 0.29) is 17.3 Å². The lowest BCUT2D eigenvalue weighted by Gasteiger charge is -2.20. The Morgan fingerprint density at radius 1 is 1.00 bits per heavy atom. The molecule has 0 heterocycles. The van der Waals surface area contributed by atoms with Gasteiger partial charge in [-0.3, -0.25) is 4.79 Å². The van der Waals surface area contributed by atoms with Gasteiger partial charge in [-0.2, -0.15) is 4.31 Å². The second-order valence-corrected chi connectivity index (χ2v) is 9.96. The molecule has 3 aromatic rings. The summed E-state index contributed by atoms with van der Waals surface area (Å²) in [5.74, 6) is 0.242. The van der Waals surface area contributed by atoms with E-state index in [1.165, 1.54) is 41.2 Å². The first-order chi connectivity index (χ1) is 15.7. The van der Waals surface area contributed by atoms with Crippen molar-refractivity contribution < 1.29 is 17.9 Å². The Hall–Kier alpha value is -2.87. The number of amides is 1. The summed E-state index contributed by atoms with van der Waals surface area (Å²) in [4.78, 5) is 13.0. The second kappa shape index (κ2) is 10.8. The summed E-state index contributed by atoms with van der Waals surface area (Å²) in [6.45, 7) is 4.36. The molecule has 0 saturated carbocycles. The molecule has 0 radical (unpaired) electrons. The maximum absolute atomic E-state index is 13.0. The molecule has 1 N–H and O–H groups in total. The van der Waals surface area contributed by atoms with Crippen molar-refractivity contribution in [3.63, 3.8) is 0 Å². The first-order valence-electron chi connectivity index (χ1n) is 10.6. The molecule has 0 aliphatic carbocycles. The van der Waals surface area contributed by atoms with Crippen molar-refractivity contribution in [3.8, 4) is 5.75 Å². The molecule has 174 valence electrons. The molecule has 0 unspecified atom stereocenters. The van der Waals surface area contributed by atoms with E-state index < -0.39 is 10.0 Å². The van der Waals surface area contributed by atoms with Crippen LogP contribution in [0.25, 0.3) is 0 Å². The zero-order chi connectivity index (χ0) is 24.0. The third-order valence-electron chi connectivity index (χ3n) is 5.16. The number of halogens is 1.